The van der Waals surface area contributed by atoms with E-state index in [9.17, 15) is 14.0 Å². The number of carbonyl (C=O) groups is 1. The number of rotatable bonds is 8. The lowest BCUT2D eigenvalue weighted by atomic mass is 9.92. The molecule has 0 fully saturated rings. The van der Waals surface area contributed by atoms with Crippen molar-refractivity contribution in [3.8, 4) is 5.69 Å². The van der Waals surface area contributed by atoms with Crippen molar-refractivity contribution in [2.45, 2.75) is 66.3 Å². The lowest BCUT2D eigenvalue weighted by Crippen LogP contribution is -2.40. The van der Waals surface area contributed by atoms with E-state index in [1.807, 2.05) is 49.6 Å². The zero-order chi connectivity index (χ0) is 30.1. The highest BCUT2D eigenvalue weighted by Gasteiger charge is 2.34. The minimum Gasteiger partial charge on any atom is -0.463 e. The number of aryl methyl sites for hydroxylation is 1. The third-order valence-electron chi connectivity index (χ3n) is 7.65. The topological polar surface area (TPSA) is 65.6 Å². The second-order valence-corrected chi connectivity index (χ2v) is 11.9. The van der Waals surface area contributed by atoms with Crippen molar-refractivity contribution in [1.82, 2.24) is 9.13 Å². The van der Waals surface area contributed by atoms with E-state index in [-0.39, 0.29) is 18.0 Å². The Hall–Kier alpha value is -4.04. The summed E-state index contributed by atoms with van der Waals surface area (Å²) in [5.41, 5.74) is 6.53. The molecule has 4 aromatic rings. The van der Waals surface area contributed by atoms with Gasteiger partial charge < -0.3 is 9.30 Å². The van der Waals surface area contributed by atoms with Gasteiger partial charge in [-0.2, -0.15) is 0 Å². The number of aromatic nitrogens is 2. The quantitative estimate of drug-likeness (QED) is 0.230. The summed E-state index contributed by atoms with van der Waals surface area (Å²) in [4.78, 5) is 33.0. The summed E-state index contributed by atoms with van der Waals surface area (Å²) in [7, 11) is 0. The van der Waals surface area contributed by atoms with E-state index in [4.69, 9.17) is 9.73 Å². The summed E-state index contributed by atoms with van der Waals surface area (Å²) < 4.78 is 23.3. The third-order valence-corrected chi connectivity index (χ3v) is 8.64. The van der Waals surface area contributed by atoms with Crippen molar-refractivity contribution in [2.24, 2.45) is 4.99 Å². The Morgan fingerprint density at radius 1 is 1.10 bits per heavy atom. The minimum absolute atomic E-state index is 0.208. The highest BCUT2D eigenvalue weighted by atomic mass is 32.1. The van der Waals surface area contributed by atoms with E-state index in [2.05, 4.69) is 26.0 Å². The van der Waals surface area contributed by atoms with E-state index in [1.165, 1.54) is 29.0 Å². The highest BCUT2D eigenvalue weighted by molar-refractivity contribution is 7.07. The molecule has 0 aliphatic carbocycles. The predicted octanol–water partition coefficient (Wildman–Crippen LogP) is 6.25. The second kappa shape index (κ2) is 12.1. The molecule has 5 rings (SSSR count). The van der Waals surface area contributed by atoms with Crippen LogP contribution < -0.4 is 14.9 Å². The van der Waals surface area contributed by atoms with Crippen LogP contribution in [0.4, 0.5) is 4.39 Å². The van der Waals surface area contributed by atoms with Crippen LogP contribution in [0.2, 0.25) is 0 Å². The van der Waals surface area contributed by atoms with Crippen LogP contribution in [0.25, 0.3) is 11.8 Å². The number of nitrogens with zero attached hydrogens (tertiary/aromatic N) is 3. The van der Waals surface area contributed by atoms with Crippen molar-refractivity contribution >= 4 is 23.4 Å². The molecule has 0 N–H and O–H groups in total. The highest BCUT2D eigenvalue weighted by Crippen LogP contribution is 2.33. The van der Waals surface area contributed by atoms with Crippen LogP contribution in [-0.2, 0) is 9.53 Å². The smallest absolute Gasteiger partial charge is 0.338 e. The zero-order valence-electron chi connectivity index (χ0n) is 24.9. The largest absolute Gasteiger partial charge is 0.463 e. The molecule has 3 heterocycles. The average Bonchev–Trinajstić information content (AvgIpc) is 3.42. The number of ether oxygens (including phenoxy) is 1. The van der Waals surface area contributed by atoms with Gasteiger partial charge in [-0.25, -0.2) is 14.2 Å². The normalized spacial score (nSPS) is 15.2. The van der Waals surface area contributed by atoms with Crippen LogP contribution in [0.5, 0.6) is 0 Å². The fourth-order valence-corrected chi connectivity index (χ4v) is 6.57. The molecule has 0 spiro atoms. The van der Waals surface area contributed by atoms with Crippen molar-refractivity contribution < 1.29 is 13.9 Å². The first-order valence-corrected chi connectivity index (χ1v) is 15.2. The lowest BCUT2D eigenvalue weighted by Gasteiger charge is -2.26. The van der Waals surface area contributed by atoms with Crippen LogP contribution in [0, 0.1) is 19.7 Å². The van der Waals surface area contributed by atoms with Crippen LogP contribution in [0.1, 0.15) is 80.6 Å². The third kappa shape index (κ3) is 5.43. The Bertz CT molecular complexity index is 1840. The maximum absolute atomic E-state index is 14.1. The van der Waals surface area contributed by atoms with Gasteiger partial charge in [0.15, 0.2) is 4.80 Å². The number of fused-ring (bicyclic) bond motifs is 1. The Balaban J connectivity index is 1.71. The number of hydrogen-bond donors (Lipinski definition) is 0. The SMILES string of the molecule is CCCC1=C(C(=O)OCC)[C@@H](c2ccc(C(C)C)cc2)n2c(s/c(=C\c3cc(C)n(-c4ccc(F)cc4)c3C)c2=O)=N1. The van der Waals surface area contributed by atoms with Crippen LogP contribution in [-0.4, -0.2) is 21.7 Å². The molecule has 8 heteroatoms. The molecule has 0 bridgehead atoms. The van der Waals surface area contributed by atoms with Gasteiger partial charge in [0.25, 0.3) is 5.56 Å². The lowest BCUT2D eigenvalue weighted by molar-refractivity contribution is -0.139. The van der Waals surface area contributed by atoms with Gasteiger partial charge in [0.1, 0.15) is 5.82 Å². The molecule has 0 unspecified atom stereocenters. The second-order valence-electron chi connectivity index (χ2n) is 10.9. The van der Waals surface area contributed by atoms with Gasteiger partial charge in [-0.15, -0.1) is 0 Å². The first-order valence-electron chi connectivity index (χ1n) is 14.4. The summed E-state index contributed by atoms with van der Waals surface area (Å²) >= 11 is 1.32. The van der Waals surface area contributed by atoms with E-state index < -0.39 is 12.0 Å². The molecule has 6 nitrogen and oxygen atoms in total. The van der Waals surface area contributed by atoms with Crippen LogP contribution in [0.3, 0.4) is 0 Å². The van der Waals surface area contributed by atoms with Crippen molar-refractivity contribution in [3.05, 3.63) is 119 Å². The van der Waals surface area contributed by atoms with E-state index in [1.54, 1.807) is 23.6 Å². The monoisotopic (exact) mass is 585 g/mol. The number of halogens is 1. The Labute approximate surface area is 249 Å². The first-order chi connectivity index (χ1) is 20.1. The maximum atomic E-state index is 14.1. The Kier molecular flexibility index (Phi) is 8.45. The molecule has 0 saturated carbocycles. The van der Waals surface area contributed by atoms with Gasteiger partial charge >= 0.3 is 5.97 Å². The molecule has 0 amide bonds. The van der Waals surface area contributed by atoms with E-state index >= 15 is 0 Å². The van der Waals surface area contributed by atoms with Crippen molar-refractivity contribution in [3.63, 3.8) is 0 Å². The van der Waals surface area contributed by atoms with E-state index in [0.717, 1.165) is 34.6 Å². The number of hydrogen-bond acceptors (Lipinski definition) is 5. The Morgan fingerprint density at radius 2 is 1.79 bits per heavy atom. The molecule has 0 saturated heterocycles. The molecule has 218 valence electrons. The summed E-state index contributed by atoms with van der Waals surface area (Å²) in [6.07, 6.45) is 3.28. The molecule has 2 aromatic heterocycles. The molecule has 2 aromatic carbocycles. The van der Waals surface area contributed by atoms with Gasteiger partial charge in [-0.05, 0) is 86.2 Å². The molecule has 42 heavy (non-hydrogen) atoms. The molecule has 0 radical (unpaired) electrons. The molecule has 1 aliphatic heterocycles. The number of benzene rings is 2. The fraction of sp³-hybridized carbons (Fsp3) is 0.324. The zero-order valence-corrected chi connectivity index (χ0v) is 25.7. The summed E-state index contributed by atoms with van der Waals surface area (Å²) in [6.45, 7) is 12.3. The molecular formula is C34H36FN3O3S. The Morgan fingerprint density at radius 3 is 2.40 bits per heavy atom. The predicted molar refractivity (Wildman–Crippen MR) is 165 cm³/mol. The fourth-order valence-electron chi connectivity index (χ4n) is 5.56. The summed E-state index contributed by atoms with van der Waals surface area (Å²) in [5, 5.41) is 0. The van der Waals surface area contributed by atoms with Crippen LogP contribution >= 0.6 is 11.3 Å². The van der Waals surface area contributed by atoms with Gasteiger partial charge in [-0.1, -0.05) is 62.8 Å². The van der Waals surface area contributed by atoms with Gasteiger partial charge in [-0.3, -0.25) is 9.36 Å². The molecule has 1 aliphatic rings. The van der Waals surface area contributed by atoms with E-state index in [0.29, 0.717) is 32.9 Å². The number of carbonyl (C=O) groups excluding carboxylic acids is 1. The van der Waals surface area contributed by atoms with Gasteiger partial charge in [0.2, 0.25) is 0 Å². The van der Waals surface area contributed by atoms with Crippen molar-refractivity contribution in [2.75, 3.05) is 6.61 Å². The summed E-state index contributed by atoms with van der Waals surface area (Å²) in [5.74, 6) is -0.383. The van der Waals surface area contributed by atoms with Gasteiger partial charge in [0, 0.05) is 17.1 Å². The first kappa shape index (κ1) is 29.5. The minimum atomic E-state index is -0.642. The number of thiazole rings is 1. The average molecular weight is 586 g/mol. The molecular weight excluding hydrogens is 549 g/mol. The number of esters is 1. The molecule has 1 atom stereocenters. The van der Waals surface area contributed by atoms with Crippen LogP contribution in [0.15, 0.2) is 75.7 Å². The number of allylic oxidation sites excluding steroid dienone is 1. The summed E-state index contributed by atoms with van der Waals surface area (Å²) in [6, 6.07) is 15.9. The van der Waals surface area contributed by atoms with Crippen molar-refractivity contribution in [1.29, 1.82) is 0 Å². The van der Waals surface area contributed by atoms with Gasteiger partial charge in [0.05, 0.1) is 28.5 Å². The maximum Gasteiger partial charge on any atom is 0.338 e. The standard InChI is InChI=1S/C34H36FN3O3S/c1-7-9-28-30(33(40)41-8-2)31(24-12-10-23(11-13-24)20(3)4)38-32(39)29(42-34(38)36-28)19-25-18-21(5)37(22(25)6)27-16-14-26(35)15-17-27/h10-20,31H,7-9H2,1-6H3/b29-19-/t31-/m1/s1.